The van der Waals surface area contributed by atoms with Crippen LogP contribution in [0.5, 0.6) is 0 Å². The predicted octanol–water partition coefficient (Wildman–Crippen LogP) is 3.35. The van der Waals surface area contributed by atoms with Crippen molar-refractivity contribution in [1.82, 2.24) is 0 Å². The quantitative estimate of drug-likeness (QED) is 0.615. The molecule has 13 heavy (non-hydrogen) atoms. The molecule has 0 aliphatic carbocycles. The number of alkyl halides is 1. The van der Waals surface area contributed by atoms with Crippen molar-refractivity contribution >= 4 is 29.1 Å². The van der Waals surface area contributed by atoms with Crippen molar-refractivity contribution in [2.24, 2.45) is 5.41 Å². The summed E-state index contributed by atoms with van der Waals surface area (Å²) >= 11 is 7.55. The fourth-order valence-corrected chi connectivity index (χ4v) is 2.48. The Bertz CT molecular complexity index is 147. The van der Waals surface area contributed by atoms with E-state index in [1.165, 1.54) is 0 Å². The Hall–Kier alpha value is 0.310. The van der Waals surface area contributed by atoms with Gasteiger partial charge in [-0.3, -0.25) is 4.79 Å². The summed E-state index contributed by atoms with van der Waals surface area (Å²) in [5.41, 5.74) is -0.260. The van der Waals surface area contributed by atoms with Crippen LogP contribution in [0.3, 0.4) is 0 Å². The average molecular weight is 223 g/mol. The molecule has 0 bridgehead atoms. The van der Waals surface area contributed by atoms with Gasteiger partial charge in [0, 0.05) is 11.3 Å². The summed E-state index contributed by atoms with van der Waals surface area (Å²) < 4.78 is 0. The van der Waals surface area contributed by atoms with Crippen LogP contribution in [0.4, 0.5) is 0 Å². The van der Waals surface area contributed by atoms with E-state index in [4.69, 9.17) is 11.6 Å². The van der Waals surface area contributed by atoms with Gasteiger partial charge in [-0.1, -0.05) is 20.8 Å². The summed E-state index contributed by atoms with van der Waals surface area (Å²) in [5, 5.41) is 0. The average Bonchev–Trinajstić information content (AvgIpc) is 2.18. The van der Waals surface area contributed by atoms with Crippen molar-refractivity contribution in [3.63, 3.8) is 0 Å². The molecule has 0 rings (SSSR count). The van der Waals surface area contributed by atoms with Crippen molar-refractivity contribution < 1.29 is 4.79 Å². The second kappa shape index (κ2) is 6.72. The van der Waals surface area contributed by atoms with E-state index in [1.807, 2.05) is 13.8 Å². The number of thioether (sulfide) groups is 1. The first-order valence-electron chi connectivity index (χ1n) is 4.83. The third kappa shape index (κ3) is 3.51. The molecule has 0 unspecified atom stereocenters. The molecular weight excluding hydrogens is 204 g/mol. The van der Waals surface area contributed by atoms with Gasteiger partial charge in [0.2, 0.25) is 0 Å². The van der Waals surface area contributed by atoms with Crippen molar-refractivity contribution in [3.05, 3.63) is 0 Å². The Morgan fingerprint density at radius 3 is 2.15 bits per heavy atom. The van der Waals surface area contributed by atoms with E-state index in [0.717, 1.165) is 18.6 Å². The van der Waals surface area contributed by atoms with Gasteiger partial charge in [-0.15, -0.1) is 11.6 Å². The lowest BCUT2D eigenvalue weighted by Crippen LogP contribution is -2.33. The number of carbonyl (C=O) groups is 1. The van der Waals surface area contributed by atoms with Crippen molar-refractivity contribution in [2.45, 2.75) is 33.6 Å². The minimum atomic E-state index is -0.260. The number of carbonyl (C=O) groups excluding carboxylic acids is 1. The number of rotatable bonds is 7. The summed E-state index contributed by atoms with van der Waals surface area (Å²) in [5.74, 6) is 2.39. The minimum absolute atomic E-state index is 0.260. The first-order valence-corrected chi connectivity index (χ1v) is 6.52. The van der Waals surface area contributed by atoms with Gasteiger partial charge >= 0.3 is 0 Å². The zero-order valence-corrected chi connectivity index (χ0v) is 10.3. The van der Waals surface area contributed by atoms with Gasteiger partial charge in [-0.05, 0) is 18.6 Å². The van der Waals surface area contributed by atoms with Crippen LogP contribution in [0, 0.1) is 5.41 Å². The molecule has 0 aliphatic heterocycles. The molecule has 0 aromatic rings. The third-order valence-corrected chi connectivity index (χ3v) is 4.02. The highest BCUT2D eigenvalue weighted by Gasteiger charge is 2.32. The normalized spacial score (nSPS) is 11.7. The Morgan fingerprint density at radius 1 is 1.31 bits per heavy atom. The Morgan fingerprint density at radius 2 is 1.85 bits per heavy atom. The highest BCUT2D eigenvalue weighted by molar-refractivity contribution is 7.99. The minimum Gasteiger partial charge on any atom is -0.298 e. The highest BCUT2D eigenvalue weighted by atomic mass is 35.5. The lowest BCUT2D eigenvalue weighted by molar-refractivity contribution is -0.125. The second-order valence-electron chi connectivity index (χ2n) is 3.18. The van der Waals surface area contributed by atoms with E-state index in [9.17, 15) is 4.79 Å². The molecule has 0 atom stereocenters. The molecular formula is C10H19ClOS. The van der Waals surface area contributed by atoms with Crippen LogP contribution < -0.4 is 0 Å². The van der Waals surface area contributed by atoms with Gasteiger partial charge in [0.1, 0.15) is 5.78 Å². The standard InChI is InChI=1S/C10H19ClOS/c1-4-10(5-2,8-11)9(12)7-13-6-3/h4-8H2,1-3H3. The summed E-state index contributed by atoms with van der Waals surface area (Å²) in [7, 11) is 0. The zero-order valence-electron chi connectivity index (χ0n) is 8.73. The zero-order chi connectivity index (χ0) is 10.3. The van der Waals surface area contributed by atoms with Crippen LogP contribution >= 0.6 is 23.4 Å². The molecule has 3 heteroatoms. The van der Waals surface area contributed by atoms with Gasteiger partial charge in [0.15, 0.2) is 0 Å². The molecule has 0 amide bonds. The Balaban J connectivity index is 4.26. The van der Waals surface area contributed by atoms with Gasteiger partial charge in [0.05, 0.1) is 5.75 Å². The summed E-state index contributed by atoms with van der Waals surface area (Å²) in [6.45, 7) is 6.15. The van der Waals surface area contributed by atoms with Crippen LogP contribution in [0.25, 0.3) is 0 Å². The maximum absolute atomic E-state index is 11.8. The SMILES string of the molecule is CCSCC(=O)C(CC)(CC)CCl. The van der Waals surface area contributed by atoms with E-state index in [-0.39, 0.29) is 5.41 Å². The van der Waals surface area contributed by atoms with Gasteiger partial charge < -0.3 is 0 Å². The molecule has 0 N–H and O–H groups in total. The van der Waals surface area contributed by atoms with Crippen LogP contribution in [0.1, 0.15) is 33.6 Å². The number of Topliss-reactive ketones (excluding diaryl/α,β-unsaturated/α-hetero) is 1. The maximum Gasteiger partial charge on any atom is 0.150 e. The second-order valence-corrected chi connectivity index (χ2v) is 4.72. The van der Waals surface area contributed by atoms with E-state index < -0.39 is 0 Å². The lowest BCUT2D eigenvalue weighted by atomic mass is 9.81. The first kappa shape index (κ1) is 13.3. The van der Waals surface area contributed by atoms with Crippen LogP contribution in [0.15, 0.2) is 0 Å². The van der Waals surface area contributed by atoms with Crippen molar-refractivity contribution in [1.29, 1.82) is 0 Å². The van der Waals surface area contributed by atoms with Gasteiger partial charge in [-0.25, -0.2) is 0 Å². The van der Waals surface area contributed by atoms with Crippen LogP contribution in [-0.4, -0.2) is 23.2 Å². The van der Waals surface area contributed by atoms with E-state index in [1.54, 1.807) is 11.8 Å². The molecule has 0 aromatic carbocycles. The molecule has 1 nitrogen and oxygen atoms in total. The lowest BCUT2D eigenvalue weighted by Gasteiger charge is -2.27. The maximum atomic E-state index is 11.8. The first-order chi connectivity index (χ1) is 6.16. The molecule has 0 aliphatic rings. The molecule has 0 heterocycles. The van der Waals surface area contributed by atoms with E-state index in [0.29, 0.717) is 17.4 Å². The van der Waals surface area contributed by atoms with E-state index >= 15 is 0 Å². The Labute approximate surface area is 90.6 Å². The molecule has 0 saturated carbocycles. The summed E-state index contributed by atoms with van der Waals surface area (Å²) in [4.78, 5) is 11.8. The highest BCUT2D eigenvalue weighted by Crippen LogP contribution is 2.30. The van der Waals surface area contributed by atoms with Crippen molar-refractivity contribution in [3.8, 4) is 0 Å². The van der Waals surface area contributed by atoms with Gasteiger partial charge in [-0.2, -0.15) is 11.8 Å². The van der Waals surface area contributed by atoms with E-state index in [2.05, 4.69) is 6.92 Å². The van der Waals surface area contributed by atoms with Crippen molar-refractivity contribution in [2.75, 3.05) is 17.4 Å². The third-order valence-electron chi connectivity index (χ3n) is 2.64. The number of hydrogen-bond donors (Lipinski definition) is 0. The monoisotopic (exact) mass is 222 g/mol. The molecule has 0 fully saturated rings. The molecule has 0 aromatic heterocycles. The largest absolute Gasteiger partial charge is 0.298 e. The topological polar surface area (TPSA) is 17.1 Å². The predicted molar refractivity (Wildman–Crippen MR) is 61.7 cm³/mol. The number of ketones is 1. The smallest absolute Gasteiger partial charge is 0.150 e. The number of halogens is 1. The number of hydrogen-bond acceptors (Lipinski definition) is 2. The molecule has 0 spiro atoms. The Kier molecular flexibility index (Phi) is 6.88. The molecule has 0 radical (unpaired) electrons. The van der Waals surface area contributed by atoms with Gasteiger partial charge in [0.25, 0.3) is 0 Å². The summed E-state index contributed by atoms with van der Waals surface area (Å²) in [6.07, 6.45) is 1.71. The van der Waals surface area contributed by atoms with Crippen LogP contribution in [-0.2, 0) is 4.79 Å². The van der Waals surface area contributed by atoms with Crippen LogP contribution in [0.2, 0.25) is 0 Å². The fraction of sp³-hybridized carbons (Fsp3) is 0.900. The summed E-state index contributed by atoms with van der Waals surface area (Å²) in [6, 6.07) is 0. The molecule has 0 saturated heterocycles. The fourth-order valence-electron chi connectivity index (χ4n) is 1.26. The molecule has 78 valence electrons.